The van der Waals surface area contributed by atoms with Crippen molar-refractivity contribution in [3.8, 4) is 0 Å². The van der Waals surface area contributed by atoms with E-state index in [-0.39, 0.29) is 17.8 Å². The minimum atomic E-state index is -1.24. The second-order valence-electron chi connectivity index (χ2n) is 6.60. The van der Waals surface area contributed by atoms with Gasteiger partial charge in [0.25, 0.3) is 0 Å². The fraction of sp³-hybridized carbons (Fsp3) is 0.136. The molecule has 0 saturated carbocycles. The molecule has 30 heavy (non-hydrogen) atoms. The van der Waals surface area contributed by atoms with Crippen molar-refractivity contribution in [2.75, 3.05) is 6.54 Å². The Labute approximate surface area is 178 Å². The molecule has 0 bridgehead atoms. The molecular weight excluding hydrogens is 406 g/mol. The summed E-state index contributed by atoms with van der Waals surface area (Å²) < 4.78 is 0. The average Bonchev–Trinajstić information content (AvgIpc) is 2.71. The Morgan fingerprint density at radius 3 is 2.60 bits per heavy atom. The zero-order chi connectivity index (χ0) is 21.7. The third-order valence-corrected chi connectivity index (χ3v) is 4.78. The van der Waals surface area contributed by atoms with E-state index < -0.39 is 24.1 Å². The second kappa shape index (κ2) is 9.28. The predicted octanol–water partition coefficient (Wildman–Crippen LogP) is 4.19. The molecule has 1 unspecified atom stereocenters. The van der Waals surface area contributed by atoms with Gasteiger partial charge in [-0.15, -0.1) is 0 Å². The van der Waals surface area contributed by atoms with Crippen molar-refractivity contribution in [3.05, 3.63) is 88.1 Å². The standard InChI is InChI=1S/C22H20ClN3O4/c1-14-18(20(27)28)19(16-10-5-11-17(23)13-16)26(22(30)25-14)21(29)24-12-6-9-15-7-3-2-4-8-15/h2-11,13,19H,12H2,1H3,(H,24,29)(H,25,30)(H,27,28)/b9-6+. The van der Waals surface area contributed by atoms with E-state index in [1.165, 1.54) is 13.0 Å². The number of carbonyl (C=O) groups is 3. The van der Waals surface area contributed by atoms with Gasteiger partial charge in [-0.2, -0.15) is 0 Å². The molecule has 0 aromatic heterocycles. The fourth-order valence-electron chi connectivity index (χ4n) is 3.21. The van der Waals surface area contributed by atoms with Gasteiger partial charge in [0, 0.05) is 17.3 Å². The van der Waals surface area contributed by atoms with Crippen LogP contribution in [-0.2, 0) is 4.79 Å². The summed E-state index contributed by atoms with van der Waals surface area (Å²) in [6.45, 7) is 1.64. The van der Waals surface area contributed by atoms with E-state index in [1.807, 2.05) is 36.4 Å². The van der Waals surface area contributed by atoms with Gasteiger partial charge in [-0.1, -0.05) is 66.2 Å². The van der Waals surface area contributed by atoms with Crippen LogP contribution in [0.1, 0.15) is 24.1 Å². The van der Waals surface area contributed by atoms with Crippen LogP contribution in [0, 0.1) is 0 Å². The van der Waals surface area contributed by atoms with E-state index in [1.54, 1.807) is 24.3 Å². The lowest BCUT2D eigenvalue weighted by Gasteiger charge is -2.35. The Morgan fingerprint density at radius 2 is 1.93 bits per heavy atom. The SMILES string of the molecule is CC1=C(C(=O)O)C(c2cccc(Cl)c2)N(C(=O)NC/C=C/c2ccccc2)C(=O)N1. The van der Waals surface area contributed by atoms with Crippen LogP contribution in [0.4, 0.5) is 9.59 Å². The zero-order valence-corrected chi connectivity index (χ0v) is 16.9. The Kier molecular flexibility index (Phi) is 6.54. The third-order valence-electron chi connectivity index (χ3n) is 4.54. The predicted molar refractivity (Wildman–Crippen MR) is 114 cm³/mol. The van der Waals surface area contributed by atoms with Gasteiger partial charge in [-0.25, -0.2) is 19.3 Å². The van der Waals surface area contributed by atoms with Crippen molar-refractivity contribution in [2.24, 2.45) is 0 Å². The van der Waals surface area contributed by atoms with Gasteiger partial charge in [0.1, 0.15) is 6.04 Å². The lowest BCUT2D eigenvalue weighted by atomic mass is 9.94. The summed E-state index contributed by atoms with van der Waals surface area (Å²) >= 11 is 6.06. The summed E-state index contributed by atoms with van der Waals surface area (Å²) in [5, 5.41) is 15.2. The Morgan fingerprint density at radius 1 is 1.20 bits per heavy atom. The molecule has 7 nitrogen and oxygen atoms in total. The zero-order valence-electron chi connectivity index (χ0n) is 16.1. The lowest BCUT2D eigenvalue weighted by molar-refractivity contribution is -0.133. The highest BCUT2D eigenvalue weighted by molar-refractivity contribution is 6.30. The monoisotopic (exact) mass is 425 g/mol. The first-order valence-corrected chi connectivity index (χ1v) is 9.55. The number of carbonyl (C=O) groups excluding carboxylic acids is 2. The molecule has 0 fully saturated rings. The van der Waals surface area contributed by atoms with Crippen LogP contribution in [0.25, 0.3) is 6.08 Å². The van der Waals surface area contributed by atoms with E-state index in [9.17, 15) is 19.5 Å². The van der Waals surface area contributed by atoms with E-state index in [2.05, 4.69) is 10.6 Å². The van der Waals surface area contributed by atoms with Crippen LogP contribution in [0.2, 0.25) is 5.02 Å². The molecule has 4 amide bonds. The van der Waals surface area contributed by atoms with Gasteiger partial charge in [0.2, 0.25) is 0 Å². The quantitative estimate of drug-likeness (QED) is 0.668. The molecule has 154 valence electrons. The molecule has 3 N–H and O–H groups in total. The summed E-state index contributed by atoms with van der Waals surface area (Å²) in [4.78, 5) is 38.2. The van der Waals surface area contributed by atoms with E-state index in [0.29, 0.717) is 10.6 Å². The van der Waals surface area contributed by atoms with Crippen molar-refractivity contribution < 1.29 is 19.5 Å². The molecule has 0 saturated heterocycles. The highest BCUT2D eigenvalue weighted by Crippen LogP contribution is 2.34. The Hall–Kier alpha value is -3.58. The maximum atomic E-state index is 12.8. The van der Waals surface area contributed by atoms with Gasteiger partial charge < -0.3 is 15.7 Å². The van der Waals surface area contributed by atoms with Gasteiger partial charge in [0.15, 0.2) is 0 Å². The molecule has 1 aliphatic rings. The molecule has 8 heteroatoms. The number of hydrogen-bond acceptors (Lipinski definition) is 3. The van der Waals surface area contributed by atoms with Crippen LogP contribution in [-0.4, -0.2) is 34.6 Å². The number of aliphatic carboxylic acids is 1. The Balaban J connectivity index is 1.86. The summed E-state index contributed by atoms with van der Waals surface area (Å²) in [6.07, 6.45) is 3.57. The largest absolute Gasteiger partial charge is 0.478 e. The van der Waals surface area contributed by atoms with Crippen molar-refractivity contribution >= 4 is 35.7 Å². The lowest BCUT2D eigenvalue weighted by Crippen LogP contribution is -2.54. The van der Waals surface area contributed by atoms with Gasteiger partial charge in [-0.3, -0.25) is 0 Å². The molecule has 0 aliphatic carbocycles. The summed E-state index contributed by atoms with van der Waals surface area (Å²) in [6, 6.07) is 13.4. The molecule has 0 spiro atoms. The molecule has 1 aliphatic heterocycles. The molecule has 2 aromatic rings. The third kappa shape index (κ3) is 4.69. The fourth-order valence-corrected chi connectivity index (χ4v) is 3.41. The number of carboxylic acid groups (broad SMARTS) is 1. The number of carboxylic acids is 1. The topological polar surface area (TPSA) is 98.7 Å². The van der Waals surface area contributed by atoms with Crippen LogP contribution in [0.5, 0.6) is 0 Å². The summed E-state index contributed by atoms with van der Waals surface area (Å²) in [5.41, 5.74) is 1.45. The average molecular weight is 426 g/mol. The number of urea groups is 2. The minimum absolute atomic E-state index is 0.105. The normalized spacial score (nSPS) is 16.5. The number of imide groups is 1. The van der Waals surface area contributed by atoms with Crippen molar-refractivity contribution in [2.45, 2.75) is 13.0 Å². The van der Waals surface area contributed by atoms with Crippen LogP contribution in [0.15, 0.2) is 71.9 Å². The van der Waals surface area contributed by atoms with E-state index in [4.69, 9.17) is 11.6 Å². The highest BCUT2D eigenvalue weighted by atomic mass is 35.5. The summed E-state index contributed by atoms with van der Waals surface area (Å²) in [7, 11) is 0. The van der Waals surface area contributed by atoms with Gasteiger partial charge >= 0.3 is 18.0 Å². The minimum Gasteiger partial charge on any atom is -0.478 e. The first kappa shape index (κ1) is 21.1. The number of allylic oxidation sites excluding steroid dienone is 1. The summed E-state index contributed by atoms with van der Waals surface area (Å²) in [5.74, 6) is -1.24. The number of rotatable bonds is 5. The van der Waals surface area contributed by atoms with Crippen LogP contribution < -0.4 is 10.6 Å². The Bertz CT molecular complexity index is 1030. The number of nitrogens with zero attached hydrogens (tertiary/aromatic N) is 1. The molecule has 3 rings (SSSR count). The van der Waals surface area contributed by atoms with Crippen molar-refractivity contribution in [1.29, 1.82) is 0 Å². The molecule has 1 atom stereocenters. The first-order chi connectivity index (χ1) is 14.4. The molecule has 1 heterocycles. The number of benzene rings is 2. The van der Waals surface area contributed by atoms with Crippen molar-refractivity contribution in [1.82, 2.24) is 15.5 Å². The smallest absolute Gasteiger partial charge is 0.335 e. The first-order valence-electron chi connectivity index (χ1n) is 9.17. The van der Waals surface area contributed by atoms with E-state index in [0.717, 1.165) is 10.5 Å². The van der Waals surface area contributed by atoms with Gasteiger partial charge in [-0.05, 0) is 30.2 Å². The molecule has 2 aromatic carbocycles. The number of amides is 4. The highest BCUT2D eigenvalue weighted by Gasteiger charge is 2.41. The number of hydrogen-bond donors (Lipinski definition) is 3. The molecule has 0 radical (unpaired) electrons. The van der Waals surface area contributed by atoms with Gasteiger partial charge in [0.05, 0.1) is 5.57 Å². The van der Waals surface area contributed by atoms with Crippen molar-refractivity contribution in [3.63, 3.8) is 0 Å². The van der Waals surface area contributed by atoms with E-state index >= 15 is 0 Å². The maximum absolute atomic E-state index is 12.8. The second-order valence-corrected chi connectivity index (χ2v) is 7.04. The number of nitrogens with one attached hydrogen (secondary N) is 2. The number of halogens is 1. The van der Waals surface area contributed by atoms with Crippen LogP contribution >= 0.6 is 11.6 Å². The van der Waals surface area contributed by atoms with Crippen LogP contribution in [0.3, 0.4) is 0 Å². The molecular formula is C22H20ClN3O4. The maximum Gasteiger partial charge on any atom is 0.335 e.